The number of hydrogen-bond donors (Lipinski definition) is 2. The minimum atomic E-state index is 0. The van der Waals surface area contributed by atoms with Gasteiger partial charge in [-0.1, -0.05) is 42.9 Å². The Hall–Kier alpha value is -3.08. The van der Waals surface area contributed by atoms with Crippen LogP contribution in [0.2, 0.25) is 0 Å². The molecule has 0 fully saturated rings. The number of nitrogens with zero attached hydrogens (tertiary/aromatic N) is 2. The molecule has 0 aliphatic heterocycles. The lowest BCUT2D eigenvalue weighted by molar-refractivity contribution is 0.393. The van der Waals surface area contributed by atoms with Gasteiger partial charge < -0.3 is 14.8 Å². The molecule has 0 amide bonds. The highest BCUT2D eigenvalue weighted by Gasteiger charge is 2.15. The molecule has 0 atom stereocenters. The Balaban J connectivity index is 0.00000196. The van der Waals surface area contributed by atoms with Gasteiger partial charge in [0.15, 0.2) is 0 Å². The van der Waals surface area contributed by atoms with Crippen LogP contribution in [-0.4, -0.2) is 21.7 Å². The summed E-state index contributed by atoms with van der Waals surface area (Å²) in [6.45, 7) is 4.75. The first-order chi connectivity index (χ1) is 12.2. The van der Waals surface area contributed by atoms with E-state index < -0.39 is 0 Å². The lowest BCUT2D eigenvalue weighted by Crippen LogP contribution is -2.05. The van der Waals surface area contributed by atoms with Crippen LogP contribution >= 0.6 is 0 Å². The summed E-state index contributed by atoms with van der Waals surface area (Å²) in [5.74, 6) is 0.826. The van der Waals surface area contributed by atoms with Crippen molar-refractivity contribution in [3.63, 3.8) is 0 Å². The van der Waals surface area contributed by atoms with E-state index in [1.807, 2.05) is 19.9 Å². The van der Waals surface area contributed by atoms with Crippen molar-refractivity contribution in [1.82, 2.24) is 15.1 Å². The second kappa shape index (κ2) is 7.44. The molecule has 5 nitrogen and oxygen atoms in total. The van der Waals surface area contributed by atoms with Gasteiger partial charge in [0.25, 0.3) is 0 Å². The number of imidazole rings is 1. The van der Waals surface area contributed by atoms with Crippen LogP contribution in [-0.2, 0) is 6.42 Å². The largest absolute Gasteiger partial charge is 0.383 e. The van der Waals surface area contributed by atoms with Gasteiger partial charge in [-0.15, -0.1) is 0 Å². The third kappa shape index (κ3) is 3.33. The average Bonchev–Trinajstić information content (AvgIpc) is 3.22. The first-order valence-electron chi connectivity index (χ1n) is 8.40. The number of aromatic nitrogens is 3. The van der Waals surface area contributed by atoms with Crippen molar-refractivity contribution in [2.45, 2.75) is 27.7 Å². The van der Waals surface area contributed by atoms with Crippen molar-refractivity contribution in [3.05, 3.63) is 65.8 Å². The Labute approximate surface area is 153 Å². The van der Waals surface area contributed by atoms with Crippen LogP contribution < -0.4 is 5.32 Å². The third-order valence-corrected chi connectivity index (χ3v) is 4.42. The number of benzene rings is 2. The minimum absolute atomic E-state index is 0. The van der Waals surface area contributed by atoms with Gasteiger partial charge in [0.05, 0.1) is 23.2 Å². The lowest BCUT2D eigenvalue weighted by atomic mass is 10.0. The number of rotatable bonds is 5. The number of aromatic amines is 1. The molecule has 2 N–H and O–H groups in total. The summed E-state index contributed by atoms with van der Waals surface area (Å²) < 4.78 is 5.33. The molecule has 0 saturated heterocycles. The smallest absolute Gasteiger partial charge is 0.141 e. The fraction of sp³-hybridized carbons (Fsp3) is 0.238. The van der Waals surface area contributed by atoms with Crippen LogP contribution in [0.15, 0.2) is 53.3 Å². The molecule has 4 rings (SSSR count). The maximum atomic E-state index is 5.33. The highest BCUT2D eigenvalue weighted by Crippen LogP contribution is 2.32. The quantitative estimate of drug-likeness (QED) is 0.525. The Morgan fingerprint density at radius 2 is 1.92 bits per heavy atom. The standard InChI is InChI=1S/C20H20N4O.CH4/c1-13-19(14(2)25-24-13)16-10-17(20-18(11-16)22-12-23-20)21-9-8-15-6-4-3-5-7-15;/h3-7,10-12,21H,8-9H2,1-2H3,(H,22,23);1H4. The Bertz CT molecular complexity index is 982. The fourth-order valence-corrected chi connectivity index (χ4v) is 3.21. The van der Waals surface area contributed by atoms with Crippen LogP contribution in [0.25, 0.3) is 22.2 Å². The molecule has 0 unspecified atom stereocenters. The molecule has 26 heavy (non-hydrogen) atoms. The predicted octanol–water partition coefficient (Wildman–Crippen LogP) is 5.13. The number of fused-ring (bicyclic) bond motifs is 1. The van der Waals surface area contributed by atoms with E-state index in [1.54, 1.807) is 6.33 Å². The van der Waals surface area contributed by atoms with E-state index in [4.69, 9.17) is 4.52 Å². The molecule has 134 valence electrons. The zero-order valence-corrected chi connectivity index (χ0v) is 14.3. The third-order valence-electron chi connectivity index (χ3n) is 4.42. The average molecular weight is 348 g/mol. The van der Waals surface area contributed by atoms with Gasteiger partial charge in [-0.25, -0.2) is 4.98 Å². The van der Waals surface area contributed by atoms with Crippen LogP contribution in [0.1, 0.15) is 24.4 Å². The van der Waals surface area contributed by atoms with Crippen molar-refractivity contribution >= 4 is 16.7 Å². The molecule has 2 aromatic carbocycles. The van der Waals surface area contributed by atoms with Gasteiger partial charge >= 0.3 is 0 Å². The van der Waals surface area contributed by atoms with Gasteiger partial charge in [-0.2, -0.15) is 0 Å². The minimum Gasteiger partial charge on any atom is -0.383 e. The SMILES string of the molecule is C.Cc1noc(C)c1-c1cc(NCCc2ccccc2)c2nc[nH]c2c1. The van der Waals surface area contributed by atoms with Crippen LogP contribution in [0.4, 0.5) is 5.69 Å². The summed E-state index contributed by atoms with van der Waals surface area (Å²) in [5, 5.41) is 7.60. The van der Waals surface area contributed by atoms with E-state index in [2.05, 4.69) is 56.8 Å². The van der Waals surface area contributed by atoms with E-state index in [-0.39, 0.29) is 7.43 Å². The highest BCUT2D eigenvalue weighted by atomic mass is 16.5. The van der Waals surface area contributed by atoms with Gasteiger partial charge in [0.1, 0.15) is 11.3 Å². The molecule has 0 aliphatic rings. The summed E-state index contributed by atoms with van der Waals surface area (Å²) >= 11 is 0. The lowest BCUT2D eigenvalue weighted by Gasteiger charge is -2.10. The number of hydrogen-bond acceptors (Lipinski definition) is 4. The zero-order chi connectivity index (χ0) is 17.2. The van der Waals surface area contributed by atoms with Crippen molar-refractivity contribution in [3.8, 4) is 11.1 Å². The maximum Gasteiger partial charge on any atom is 0.141 e. The topological polar surface area (TPSA) is 66.7 Å². The summed E-state index contributed by atoms with van der Waals surface area (Å²) in [6, 6.07) is 14.7. The summed E-state index contributed by atoms with van der Waals surface area (Å²) in [4.78, 5) is 7.66. The van der Waals surface area contributed by atoms with Gasteiger partial charge in [0, 0.05) is 12.1 Å². The van der Waals surface area contributed by atoms with Gasteiger partial charge in [0.2, 0.25) is 0 Å². The first kappa shape index (κ1) is 17.7. The van der Waals surface area contributed by atoms with E-state index in [0.29, 0.717) is 0 Å². The maximum absolute atomic E-state index is 5.33. The van der Waals surface area contributed by atoms with Crippen LogP contribution in [0, 0.1) is 13.8 Å². The van der Waals surface area contributed by atoms with E-state index in [9.17, 15) is 0 Å². The molecular formula is C21H24N4O. The highest BCUT2D eigenvalue weighted by molar-refractivity contribution is 5.93. The summed E-state index contributed by atoms with van der Waals surface area (Å²) in [6.07, 6.45) is 2.69. The molecule has 5 heteroatoms. The Morgan fingerprint density at radius 1 is 1.12 bits per heavy atom. The number of aryl methyl sites for hydroxylation is 2. The second-order valence-corrected chi connectivity index (χ2v) is 6.18. The molecule has 0 bridgehead atoms. The molecule has 0 saturated carbocycles. The Morgan fingerprint density at radius 3 is 2.65 bits per heavy atom. The van der Waals surface area contributed by atoms with E-state index >= 15 is 0 Å². The second-order valence-electron chi connectivity index (χ2n) is 6.18. The summed E-state index contributed by atoms with van der Waals surface area (Å²) in [5.41, 5.74) is 7.30. The van der Waals surface area contributed by atoms with E-state index in [1.165, 1.54) is 5.56 Å². The molecule has 0 spiro atoms. The van der Waals surface area contributed by atoms with Gasteiger partial charge in [-0.3, -0.25) is 0 Å². The van der Waals surface area contributed by atoms with Crippen molar-refractivity contribution in [1.29, 1.82) is 0 Å². The van der Waals surface area contributed by atoms with Crippen LogP contribution in [0.3, 0.4) is 0 Å². The van der Waals surface area contributed by atoms with Crippen molar-refractivity contribution in [2.75, 3.05) is 11.9 Å². The number of H-pyrrole nitrogens is 1. The number of nitrogens with one attached hydrogen (secondary N) is 2. The van der Waals surface area contributed by atoms with Crippen LogP contribution in [0.5, 0.6) is 0 Å². The molecule has 0 radical (unpaired) electrons. The van der Waals surface area contributed by atoms with Gasteiger partial charge in [-0.05, 0) is 43.5 Å². The first-order valence-corrected chi connectivity index (χ1v) is 8.40. The monoisotopic (exact) mass is 348 g/mol. The van der Waals surface area contributed by atoms with Crippen molar-refractivity contribution < 1.29 is 4.52 Å². The summed E-state index contributed by atoms with van der Waals surface area (Å²) in [7, 11) is 0. The predicted molar refractivity (Wildman–Crippen MR) is 106 cm³/mol. The fourth-order valence-electron chi connectivity index (χ4n) is 3.21. The molecular weight excluding hydrogens is 324 g/mol. The number of anilines is 1. The molecule has 4 aromatic rings. The zero-order valence-electron chi connectivity index (χ0n) is 14.3. The Kier molecular flexibility index (Phi) is 5.07. The molecule has 2 aromatic heterocycles. The van der Waals surface area contributed by atoms with E-state index in [0.717, 1.165) is 52.3 Å². The molecule has 0 aliphatic carbocycles. The normalized spacial score (nSPS) is 10.7. The van der Waals surface area contributed by atoms with Crippen molar-refractivity contribution in [2.24, 2.45) is 0 Å². The molecule has 2 heterocycles.